The summed E-state index contributed by atoms with van der Waals surface area (Å²) in [5.41, 5.74) is 2.26. The quantitative estimate of drug-likeness (QED) is 0.791. The molecule has 1 saturated heterocycles. The van der Waals surface area contributed by atoms with Gasteiger partial charge in [-0.3, -0.25) is 9.78 Å². The highest BCUT2D eigenvalue weighted by Crippen LogP contribution is 2.20. The molecule has 25 heavy (non-hydrogen) atoms. The predicted octanol–water partition coefficient (Wildman–Crippen LogP) is 2.34. The first-order chi connectivity index (χ1) is 12.2. The van der Waals surface area contributed by atoms with Crippen LogP contribution in [0.25, 0.3) is 11.0 Å². The number of likely N-dealkylation sites (tertiary alicyclic amines) is 1. The number of H-pyrrole nitrogens is 1. The molecule has 2 aromatic heterocycles. The number of aromatic nitrogens is 3. The van der Waals surface area contributed by atoms with Gasteiger partial charge in [0.25, 0.3) is 5.91 Å². The summed E-state index contributed by atoms with van der Waals surface area (Å²) in [5, 5.41) is 0. The Kier molecular flexibility index (Phi) is 4.15. The highest BCUT2D eigenvalue weighted by Gasteiger charge is 2.36. The van der Waals surface area contributed by atoms with Crippen molar-refractivity contribution in [2.24, 2.45) is 0 Å². The summed E-state index contributed by atoms with van der Waals surface area (Å²) < 4.78 is 19.9. The van der Waals surface area contributed by atoms with Crippen molar-refractivity contribution in [2.75, 3.05) is 13.1 Å². The number of alkyl halides is 1. The molecule has 3 aromatic rings. The number of carbonyl (C=O) groups is 1. The lowest BCUT2D eigenvalue weighted by atomic mass is 10.2. The zero-order chi connectivity index (χ0) is 17.2. The molecular weight excluding hydrogens is 323 g/mol. The van der Waals surface area contributed by atoms with Gasteiger partial charge < -0.3 is 14.6 Å². The third kappa shape index (κ3) is 3.23. The van der Waals surface area contributed by atoms with Crippen LogP contribution in [0.5, 0.6) is 0 Å². The molecule has 2 atom stereocenters. The second kappa shape index (κ2) is 6.60. The molecule has 128 valence electrons. The number of rotatable bonds is 4. The van der Waals surface area contributed by atoms with Gasteiger partial charge >= 0.3 is 0 Å². The SMILES string of the molecule is O=C(c1ccncc1)N1C[C@H](OCc2nc3ccccc3[nH]2)[C@@H](F)C1. The van der Waals surface area contributed by atoms with Gasteiger partial charge in [-0.15, -0.1) is 0 Å². The first kappa shape index (κ1) is 15.7. The van der Waals surface area contributed by atoms with E-state index >= 15 is 0 Å². The number of halogens is 1. The number of carbonyl (C=O) groups excluding carboxylic acids is 1. The summed E-state index contributed by atoms with van der Waals surface area (Å²) in [6.45, 7) is 0.436. The van der Waals surface area contributed by atoms with Gasteiger partial charge in [0.15, 0.2) is 0 Å². The van der Waals surface area contributed by atoms with Crippen LogP contribution in [0.4, 0.5) is 4.39 Å². The second-order valence-corrected chi connectivity index (χ2v) is 6.01. The molecule has 0 spiro atoms. The predicted molar refractivity (Wildman–Crippen MR) is 89.7 cm³/mol. The first-order valence-electron chi connectivity index (χ1n) is 8.09. The molecule has 4 rings (SSSR count). The van der Waals surface area contributed by atoms with Gasteiger partial charge in [0, 0.05) is 18.0 Å². The van der Waals surface area contributed by atoms with Gasteiger partial charge in [0.2, 0.25) is 0 Å². The average Bonchev–Trinajstić information content (AvgIpc) is 3.23. The first-order valence-corrected chi connectivity index (χ1v) is 8.09. The van der Waals surface area contributed by atoms with Crippen LogP contribution < -0.4 is 0 Å². The Balaban J connectivity index is 1.39. The Bertz CT molecular complexity index is 850. The molecule has 0 radical (unpaired) electrons. The number of hydrogen-bond donors (Lipinski definition) is 1. The minimum Gasteiger partial charge on any atom is -0.365 e. The van der Waals surface area contributed by atoms with E-state index in [0.29, 0.717) is 11.4 Å². The molecule has 1 aliphatic heterocycles. The number of pyridine rings is 1. The summed E-state index contributed by atoms with van der Waals surface area (Å²) in [6, 6.07) is 10.9. The Morgan fingerprint density at radius 3 is 2.84 bits per heavy atom. The van der Waals surface area contributed by atoms with Gasteiger partial charge in [-0.25, -0.2) is 9.37 Å². The van der Waals surface area contributed by atoms with E-state index in [2.05, 4.69) is 15.0 Å². The average molecular weight is 340 g/mol. The van der Waals surface area contributed by atoms with Gasteiger partial charge in [0.1, 0.15) is 24.7 Å². The highest BCUT2D eigenvalue weighted by atomic mass is 19.1. The van der Waals surface area contributed by atoms with E-state index in [0.717, 1.165) is 11.0 Å². The third-order valence-corrected chi connectivity index (χ3v) is 4.29. The van der Waals surface area contributed by atoms with Crippen molar-refractivity contribution in [3.8, 4) is 0 Å². The van der Waals surface area contributed by atoms with Crippen molar-refractivity contribution in [1.82, 2.24) is 19.9 Å². The van der Waals surface area contributed by atoms with Crippen LogP contribution in [0.3, 0.4) is 0 Å². The fraction of sp³-hybridized carbons (Fsp3) is 0.278. The van der Waals surface area contributed by atoms with Crippen LogP contribution in [0, 0.1) is 0 Å². The van der Waals surface area contributed by atoms with Gasteiger partial charge in [0.05, 0.1) is 24.1 Å². The largest absolute Gasteiger partial charge is 0.365 e. The van der Waals surface area contributed by atoms with Crippen LogP contribution in [0.1, 0.15) is 16.2 Å². The summed E-state index contributed by atoms with van der Waals surface area (Å²) in [5.74, 6) is 0.437. The smallest absolute Gasteiger partial charge is 0.254 e. The number of aromatic amines is 1. The van der Waals surface area contributed by atoms with Gasteiger partial charge in [-0.1, -0.05) is 12.1 Å². The maximum atomic E-state index is 14.3. The number of ether oxygens (including phenoxy) is 1. The molecule has 1 fully saturated rings. The van der Waals surface area contributed by atoms with E-state index in [1.165, 1.54) is 4.90 Å². The minimum absolute atomic E-state index is 0.0337. The van der Waals surface area contributed by atoms with Crippen molar-refractivity contribution in [3.05, 3.63) is 60.2 Å². The topological polar surface area (TPSA) is 71.1 Å². The fourth-order valence-corrected chi connectivity index (χ4v) is 2.99. The van der Waals surface area contributed by atoms with Crippen molar-refractivity contribution >= 4 is 16.9 Å². The van der Waals surface area contributed by atoms with E-state index < -0.39 is 12.3 Å². The van der Waals surface area contributed by atoms with Crippen LogP contribution in [0.15, 0.2) is 48.8 Å². The van der Waals surface area contributed by atoms with Crippen molar-refractivity contribution in [3.63, 3.8) is 0 Å². The normalized spacial score (nSPS) is 20.3. The number of hydrogen-bond acceptors (Lipinski definition) is 4. The Morgan fingerprint density at radius 2 is 2.04 bits per heavy atom. The zero-order valence-electron chi connectivity index (χ0n) is 13.4. The lowest BCUT2D eigenvalue weighted by molar-refractivity contribution is 0.00887. The number of fused-ring (bicyclic) bond motifs is 1. The third-order valence-electron chi connectivity index (χ3n) is 4.29. The molecule has 7 heteroatoms. The van der Waals surface area contributed by atoms with E-state index in [4.69, 9.17) is 4.74 Å². The Morgan fingerprint density at radius 1 is 1.24 bits per heavy atom. The highest BCUT2D eigenvalue weighted by molar-refractivity contribution is 5.94. The van der Waals surface area contributed by atoms with E-state index in [-0.39, 0.29) is 25.6 Å². The molecular formula is C18H17FN4O2. The standard InChI is InChI=1S/C18H17FN4O2/c19-13-9-23(18(24)12-5-7-20-8-6-12)10-16(13)25-11-17-21-14-3-1-2-4-15(14)22-17/h1-8,13,16H,9-11H2,(H,21,22)/t13-,16-/m0/s1. The monoisotopic (exact) mass is 340 g/mol. The zero-order valence-corrected chi connectivity index (χ0v) is 13.4. The molecule has 1 amide bonds. The van der Waals surface area contributed by atoms with Crippen molar-refractivity contribution in [2.45, 2.75) is 18.9 Å². The molecule has 0 unspecified atom stereocenters. The van der Waals surface area contributed by atoms with Crippen molar-refractivity contribution < 1.29 is 13.9 Å². The summed E-state index contributed by atoms with van der Waals surface area (Å²) in [6.07, 6.45) is 1.23. The van der Waals surface area contributed by atoms with E-state index in [1.54, 1.807) is 24.5 Å². The van der Waals surface area contributed by atoms with E-state index in [9.17, 15) is 9.18 Å². The number of nitrogens with one attached hydrogen (secondary N) is 1. The maximum Gasteiger partial charge on any atom is 0.254 e. The van der Waals surface area contributed by atoms with Crippen molar-refractivity contribution in [1.29, 1.82) is 0 Å². The molecule has 6 nitrogen and oxygen atoms in total. The maximum absolute atomic E-state index is 14.3. The molecule has 0 bridgehead atoms. The fourth-order valence-electron chi connectivity index (χ4n) is 2.99. The number of amides is 1. The summed E-state index contributed by atoms with van der Waals surface area (Å²) in [4.78, 5) is 25.3. The second-order valence-electron chi connectivity index (χ2n) is 6.01. The Labute approximate surface area is 143 Å². The molecule has 1 aromatic carbocycles. The minimum atomic E-state index is -1.21. The van der Waals surface area contributed by atoms with Gasteiger partial charge in [-0.2, -0.15) is 0 Å². The number of para-hydroxylation sites is 2. The van der Waals surface area contributed by atoms with Crippen LogP contribution >= 0.6 is 0 Å². The molecule has 3 heterocycles. The lowest BCUT2D eigenvalue weighted by Crippen LogP contribution is -2.30. The lowest BCUT2D eigenvalue weighted by Gasteiger charge is -2.15. The van der Waals surface area contributed by atoms with Crippen LogP contribution in [-0.4, -0.2) is 51.1 Å². The molecule has 1 N–H and O–H groups in total. The molecule has 0 aliphatic carbocycles. The summed E-state index contributed by atoms with van der Waals surface area (Å²) >= 11 is 0. The molecule has 0 saturated carbocycles. The summed E-state index contributed by atoms with van der Waals surface area (Å²) in [7, 11) is 0. The number of imidazole rings is 1. The molecule has 1 aliphatic rings. The number of nitrogens with zero attached hydrogens (tertiary/aromatic N) is 3. The van der Waals surface area contributed by atoms with E-state index in [1.807, 2.05) is 24.3 Å². The van der Waals surface area contributed by atoms with Gasteiger partial charge in [-0.05, 0) is 24.3 Å². The Hall–Kier alpha value is -2.80. The van der Waals surface area contributed by atoms with Crippen LogP contribution in [-0.2, 0) is 11.3 Å². The van der Waals surface area contributed by atoms with Crippen LogP contribution in [0.2, 0.25) is 0 Å². The number of benzene rings is 1.